The molecule has 2 atom stereocenters. The van der Waals surface area contributed by atoms with Gasteiger partial charge in [0.25, 0.3) is 7.82 Å². The zero-order valence-corrected chi connectivity index (χ0v) is 35.7. The first-order chi connectivity index (χ1) is 26.4. The lowest BCUT2D eigenvalue weighted by Crippen LogP contribution is -2.52. The van der Waals surface area contributed by atoms with Gasteiger partial charge < -0.3 is 29.1 Å². The van der Waals surface area contributed by atoms with Crippen LogP contribution in [0.1, 0.15) is 187 Å². The third kappa shape index (κ3) is 41.2. The van der Waals surface area contributed by atoms with Crippen molar-refractivity contribution in [3.8, 4) is 0 Å². The molecule has 0 aliphatic rings. The van der Waals surface area contributed by atoms with Gasteiger partial charge in [-0.05, 0) is 70.3 Å². The highest BCUT2D eigenvalue weighted by molar-refractivity contribution is 7.45. The highest BCUT2D eigenvalue weighted by Crippen LogP contribution is 2.38. The van der Waals surface area contributed by atoms with E-state index < -0.39 is 19.9 Å². The predicted octanol–water partition coefficient (Wildman–Crippen LogP) is 12.0. The number of phosphoric acid groups is 1. The van der Waals surface area contributed by atoms with Crippen LogP contribution in [0.15, 0.2) is 60.9 Å². The molecule has 1 unspecified atom stereocenters. The highest BCUT2D eigenvalue weighted by atomic mass is 31.2. The number of quaternary nitrogens is 1. The molecule has 314 valence electrons. The minimum atomic E-state index is -4.51. The number of carbonyl (C=O) groups is 1. The van der Waals surface area contributed by atoms with E-state index in [1.807, 2.05) is 6.08 Å². The van der Waals surface area contributed by atoms with Crippen molar-refractivity contribution >= 4 is 13.8 Å². The van der Waals surface area contributed by atoms with Crippen molar-refractivity contribution in [1.29, 1.82) is 0 Å². The molecule has 0 heterocycles. The molecule has 0 bridgehead atoms. The maximum Gasteiger partial charge on any atom is 0.306 e. The lowest BCUT2D eigenvalue weighted by molar-refractivity contribution is -0.373. The second kappa shape index (κ2) is 42.2. The Morgan fingerprint density at radius 1 is 0.574 bits per heavy atom. The fourth-order valence-electron chi connectivity index (χ4n) is 5.77. The normalized spacial score (nSPS) is 14.0. The predicted molar refractivity (Wildman–Crippen MR) is 225 cm³/mol. The lowest BCUT2D eigenvalue weighted by Gasteiger charge is -2.25. The Kier molecular flexibility index (Phi) is 40.7. The average molecular weight is 780 g/mol. The van der Waals surface area contributed by atoms with Crippen LogP contribution in [0.2, 0.25) is 0 Å². The average Bonchev–Trinajstić information content (AvgIpc) is 3.16. The molecule has 0 aromatic rings. The monoisotopic (exact) mass is 780 g/mol. The number of phosphoric ester groups is 1. The van der Waals surface area contributed by atoms with Crippen LogP contribution in [0.3, 0.4) is 0 Å². The van der Waals surface area contributed by atoms with Crippen LogP contribution >= 0.6 is 7.82 Å². The SMILES string of the molecule is CCCCC/C=C\C/C=C\C/C=C\C/C=C\CCCCCC(=O)O[C@H](CO/C=C\CCCCCCCCCCCCCCCC)COP(=O)([O-])OCC[NH3+]. The van der Waals surface area contributed by atoms with E-state index in [1.165, 1.54) is 109 Å². The van der Waals surface area contributed by atoms with E-state index in [4.69, 9.17) is 18.5 Å². The molecular weight excluding hydrogens is 697 g/mol. The lowest BCUT2D eigenvalue weighted by atomic mass is 10.0. The summed E-state index contributed by atoms with van der Waals surface area (Å²) in [6.07, 6.45) is 51.8. The third-order valence-corrected chi connectivity index (χ3v) is 9.98. The van der Waals surface area contributed by atoms with Gasteiger partial charge in [0.1, 0.15) is 13.2 Å². The first-order valence-electron chi connectivity index (χ1n) is 21.9. The summed E-state index contributed by atoms with van der Waals surface area (Å²) in [6, 6.07) is 0. The van der Waals surface area contributed by atoms with E-state index in [1.54, 1.807) is 6.26 Å². The van der Waals surface area contributed by atoms with Gasteiger partial charge in [-0.15, -0.1) is 0 Å². The number of carbonyl (C=O) groups excluding carboxylic acids is 1. The Bertz CT molecular complexity index is 1010. The Morgan fingerprint density at radius 2 is 1.00 bits per heavy atom. The van der Waals surface area contributed by atoms with Crippen LogP contribution in [0, 0.1) is 0 Å². The third-order valence-electron chi connectivity index (χ3n) is 9.02. The molecule has 54 heavy (non-hydrogen) atoms. The summed E-state index contributed by atoms with van der Waals surface area (Å²) < 4.78 is 32.9. The summed E-state index contributed by atoms with van der Waals surface area (Å²) in [5, 5.41) is 0. The molecule has 0 saturated heterocycles. The topological polar surface area (TPSA) is 122 Å². The molecule has 8 nitrogen and oxygen atoms in total. The summed E-state index contributed by atoms with van der Waals surface area (Å²) >= 11 is 0. The first-order valence-corrected chi connectivity index (χ1v) is 23.4. The van der Waals surface area contributed by atoms with E-state index >= 15 is 0 Å². The van der Waals surface area contributed by atoms with Gasteiger partial charge in [0.05, 0.1) is 19.4 Å². The highest BCUT2D eigenvalue weighted by Gasteiger charge is 2.19. The van der Waals surface area contributed by atoms with Crippen molar-refractivity contribution in [2.75, 3.05) is 26.4 Å². The van der Waals surface area contributed by atoms with Gasteiger partial charge in [0, 0.05) is 6.42 Å². The molecule has 3 N–H and O–H groups in total. The Hall–Kier alpha value is -1.96. The first kappa shape index (κ1) is 52.0. The van der Waals surface area contributed by atoms with E-state index in [0.29, 0.717) is 13.0 Å². The smallest absolute Gasteiger partial charge is 0.306 e. The molecule has 0 radical (unpaired) electrons. The number of rotatable bonds is 41. The van der Waals surface area contributed by atoms with Crippen LogP contribution in [-0.2, 0) is 27.9 Å². The van der Waals surface area contributed by atoms with E-state index in [0.717, 1.165) is 51.4 Å². The Labute approximate surface area is 332 Å². The molecular formula is C45H82NO7P. The van der Waals surface area contributed by atoms with Gasteiger partial charge in [-0.1, -0.05) is 165 Å². The molecule has 0 saturated carbocycles. The fraction of sp³-hybridized carbons (Fsp3) is 0.756. The van der Waals surface area contributed by atoms with Crippen molar-refractivity contribution in [2.24, 2.45) is 0 Å². The quantitative estimate of drug-likeness (QED) is 0.0215. The maximum absolute atomic E-state index is 12.6. The van der Waals surface area contributed by atoms with E-state index in [-0.39, 0.29) is 26.2 Å². The molecule has 0 aromatic carbocycles. The molecule has 0 aromatic heterocycles. The molecule has 9 heteroatoms. The van der Waals surface area contributed by atoms with Gasteiger partial charge >= 0.3 is 5.97 Å². The van der Waals surface area contributed by atoms with Crippen LogP contribution in [0.5, 0.6) is 0 Å². The minimum Gasteiger partial charge on any atom is -0.756 e. The second-order valence-corrected chi connectivity index (χ2v) is 15.7. The largest absolute Gasteiger partial charge is 0.756 e. The van der Waals surface area contributed by atoms with Gasteiger partial charge in [0.15, 0.2) is 6.10 Å². The van der Waals surface area contributed by atoms with Crippen molar-refractivity contribution in [2.45, 2.75) is 193 Å². The maximum atomic E-state index is 12.6. The van der Waals surface area contributed by atoms with Gasteiger partial charge in [0.2, 0.25) is 0 Å². The summed E-state index contributed by atoms with van der Waals surface area (Å²) in [5.41, 5.74) is 3.57. The van der Waals surface area contributed by atoms with Gasteiger partial charge in [-0.2, -0.15) is 0 Å². The number of hydrogen-bond acceptors (Lipinski definition) is 7. The van der Waals surface area contributed by atoms with Crippen LogP contribution < -0.4 is 10.6 Å². The van der Waals surface area contributed by atoms with Crippen molar-refractivity contribution < 1.29 is 38.5 Å². The standard InChI is InChI=1S/C45H82NO7P/c1-3-5-7-9-11-13-15-17-19-21-22-23-24-26-28-30-32-34-36-38-45(47)53-44(43-52-54(48,49)51-41-39-46)42-50-40-37-35-33-31-29-27-25-20-18-16-14-12-10-8-6-4-2/h11,13,17,19,22-23,26,28,37,40,44H,3-10,12,14-16,18,20-21,24-25,27,29-36,38-39,41-43,46H2,1-2H3,(H,48,49)/b13-11-,19-17-,23-22-,28-26-,40-37-/t44-/m1/s1. The van der Waals surface area contributed by atoms with Crippen LogP contribution in [0.4, 0.5) is 0 Å². The summed E-state index contributed by atoms with van der Waals surface area (Å²) in [7, 11) is -4.51. The van der Waals surface area contributed by atoms with Crippen LogP contribution in [0.25, 0.3) is 0 Å². The van der Waals surface area contributed by atoms with Crippen LogP contribution in [-0.4, -0.2) is 38.4 Å². The van der Waals surface area contributed by atoms with E-state index in [9.17, 15) is 14.3 Å². The Balaban J connectivity index is 4.16. The van der Waals surface area contributed by atoms with Gasteiger partial charge in [-0.3, -0.25) is 9.36 Å². The minimum absolute atomic E-state index is 0.00236. The second-order valence-electron chi connectivity index (χ2n) is 14.3. The summed E-state index contributed by atoms with van der Waals surface area (Å²) in [4.78, 5) is 24.6. The fourth-order valence-corrected chi connectivity index (χ4v) is 6.55. The number of esters is 1. The molecule has 0 rings (SSSR count). The summed E-state index contributed by atoms with van der Waals surface area (Å²) in [6.45, 7) is 4.38. The number of allylic oxidation sites excluding steroid dienone is 9. The van der Waals surface area contributed by atoms with Crippen molar-refractivity contribution in [1.82, 2.24) is 0 Å². The summed E-state index contributed by atoms with van der Waals surface area (Å²) in [5.74, 6) is -0.393. The molecule has 0 aliphatic carbocycles. The van der Waals surface area contributed by atoms with Crippen molar-refractivity contribution in [3.63, 3.8) is 0 Å². The van der Waals surface area contributed by atoms with Crippen molar-refractivity contribution in [3.05, 3.63) is 60.9 Å². The van der Waals surface area contributed by atoms with E-state index in [2.05, 4.69) is 68.2 Å². The zero-order chi connectivity index (χ0) is 39.5. The molecule has 0 amide bonds. The molecule has 0 spiro atoms. The Morgan fingerprint density at radius 3 is 1.52 bits per heavy atom. The molecule has 0 fully saturated rings. The number of unbranched alkanes of at least 4 members (excludes halogenated alkanes) is 20. The number of ether oxygens (including phenoxy) is 2. The molecule has 0 aliphatic heterocycles. The number of hydrogen-bond donors (Lipinski definition) is 1. The zero-order valence-electron chi connectivity index (χ0n) is 34.8. The van der Waals surface area contributed by atoms with Gasteiger partial charge in [-0.25, -0.2) is 0 Å².